The molecule has 10 heavy (non-hydrogen) atoms. The van der Waals surface area contributed by atoms with Gasteiger partial charge in [0.1, 0.15) is 6.04 Å². The zero-order valence-corrected chi connectivity index (χ0v) is 6.20. The van der Waals surface area contributed by atoms with Gasteiger partial charge in [-0.2, -0.15) is 0 Å². The zero-order valence-electron chi connectivity index (χ0n) is 6.20. The Balaban J connectivity index is 2.51. The topological polar surface area (TPSA) is 29.5 Å². The van der Waals surface area contributed by atoms with Gasteiger partial charge in [0.25, 0.3) is 0 Å². The number of hydrogen-bond acceptors (Lipinski definition) is 3. The van der Waals surface area contributed by atoms with Gasteiger partial charge in [0.2, 0.25) is 0 Å². The van der Waals surface area contributed by atoms with Gasteiger partial charge < -0.3 is 9.64 Å². The fourth-order valence-electron chi connectivity index (χ4n) is 1.02. The molecule has 0 fully saturated rings. The summed E-state index contributed by atoms with van der Waals surface area (Å²) in [4.78, 5) is 12.8. The Bertz CT molecular complexity index is 165. The van der Waals surface area contributed by atoms with Gasteiger partial charge >= 0.3 is 5.97 Å². The number of esters is 1. The van der Waals surface area contributed by atoms with Crippen LogP contribution < -0.4 is 0 Å². The maximum absolute atomic E-state index is 10.9. The molecule has 1 aliphatic heterocycles. The molecule has 0 aromatic rings. The number of hydrogen-bond donors (Lipinski definition) is 0. The zero-order chi connectivity index (χ0) is 7.56. The summed E-state index contributed by atoms with van der Waals surface area (Å²) in [6.45, 7) is 0. The number of nitrogens with zero attached hydrogens (tertiary/aromatic N) is 1. The van der Waals surface area contributed by atoms with Gasteiger partial charge in [-0.1, -0.05) is 6.08 Å². The smallest absolute Gasteiger partial charge is 0.328 e. The van der Waals surface area contributed by atoms with E-state index in [0.29, 0.717) is 0 Å². The number of methoxy groups -OCH3 is 1. The van der Waals surface area contributed by atoms with Crippen molar-refractivity contribution in [3.8, 4) is 0 Å². The second-order valence-corrected chi connectivity index (χ2v) is 2.32. The molecule has 0 aromatic carbocycles. The number of ether oxygens (including phenoxy) is 1. The van der Waals surface area contributed by atoms with Crippen molar-refractivity contribution in [2.45, 2.75) is 12.5 Å². The summed E-state index contributed by atoms with van der Waals surface area (Å²) in [6, 6.07) is -0.0926. The fraction of sp³-hybridized carbons (Fsp3) is 0.571. The summed E-state index contributed by atoms with van der Waals surface area (Å²) in [6.07, 6.45) is 4.62. The molecule has 1 atom stereocenters. The van der Waals surface area contributed by atoms with E-state index in [1.54, 1.807) is 0 Å². The van der Waals surface area contributed by atoms with E-state index in [9.17, 15) is 4.79 Å². The van der Waals surface area contributed by atoms with Crippen molar-refractivity contribution in [2.75, 3.05) is 14.2 Å². The van der Waals surface area contributed by atoms with Crippen LogP contribution >= 0.6 is 0 Å². The van der Waals surface area contributed by atoms with E-state index >= 15 is 0 Å². The third-order valence-electron chi connectivity index (χ3n) is 1.66. The minimum atomic E-state index is -0.160. The lowest BCUT2D eigenvalue weighted by Crippen LogP contribution is -2.32. The van der Waals surface area contributed by atoms with Crippen LogP contribution in [0, 0.1) is 0 Å². The van der Waals surface area contributed by atoms with E-state index in [1.165, 1.54) is 7.11 Å². The van der Waals surface area contributed by atoms with Crippen LogP contribution in [0.5, 0.6) is 0 Å². The third kappa shape index (κ3) is 1.12. The van der Waals surface area contributed by atoms with Gasteiger partial charge in [-0.3, -0.25) is 0 Å². The quantitative estimate of drug-likeness (QED) is 0.494. The van der Waals surface area contributed by atoms with Crippen molar-refractivity contribution in [1.82, 2.24) is 4.90 Å². The Morgan fingerprint density at radius 1 is 1.80 bits per heavy atom. The van der Waals surface area contributed by atoms with E-state index in [0.717, 1.165) is 6.42 Å². The number of rotatable bonds is 1. The molecule has 1 unspecified atom stereocenters. The summed E-state index contributed by atoms with van der Waals surface area (Å²) >= 11 is 0. The lowest BCUT2D eigenvalue weighted by atomic mass is 10.2. The maximum Gasteiger partial charge on any atom is 0.328 e. The molecule has 1 heterocycles. The van der Waals surface area contributed by atoms with Crippen molar-refractivity contribution in [3.63, 3.8) is 0 Å². The predicted octanol–water partition coefficient (Wildman–Crippen LogP) is 0.377. The van der Waals surface area contributed by atoms with E-state index in [-0.39, 0.29) is 12.0 Å². The predicted molar refractivity (Wildman–Crippen MR) is 37.3 cm³/mol. The molecule has 0 amide bonds. The van der Waals surface area contributed by atoms with E-state index in [4.69, 9.17) is 0 Å². The van der Waals surface area contributed by atoms with Gasteiger partial charge in [0, 0.05) is 7.05 Å². The van der Waals surface area contributed by atoms with E-state index in [1.807, 2.05) is 24.2 Å². The summed E-state index contributed by atoms with van der Waals surface area (Å²) in [5, 5.41) is 0. The van der Waals surface area contributed by atoms with Gasteiger partial charge in [-0.15, -0.1) is 0 Å². The Hall–Kier alpha value is -0.990. The molecular weight excluding hydrogens is 130 g/mol. The van der Waals surface area contributed by atoms with Crippen molar-refractivity contribution >= 4 is 5.97 Å². The summed E-state index contributed by atoms with van der Waals surface area (Å²) < 4.78 is 4.58. The second-order valence-electron chi connectivity index (χ2n) is 2.32. The highest BCUT2D eigenvalue weighted by atomic mass is 16.5. The Morgan fingerprint density at radius 2 is 2.50 bits per heavy atom. The fourth-order valence-corrected chi connectivity index (χ4v) is 1.02. The summed E-state index contributed by atoms with van der Waals surface area (Å²) in [5.41, 5.74) is 0. The standard InChI is InChI=1S/C7H11NO2/c1-8-5-3-4-6(8)7(9)10-2/h3,5-6H,4H2,1-2H3. The van der Waals surface area contributed by atoms with Crippen molar-refractivity contribution < 1.29 is 9.53 Å². The van der Waals surface area contributed by atoms with Gasteiger partial charge in [-0.05, 0) is 12.6 Å². The SMILES string of the molecule is COC(=O)C1CC=CN1C. The first-order chi connectivity index (χ1) is 4.75. The van der Waals surface area contributed by atoms with Gasteiger partial charge in [-0.25, -0.2) is 4.79 Å². The molecular formula is C7H11NO2. The Labute approximate surface area is 60.3 Å². The Morgan fingerprint density at radius 3 is 2.90 bits per heavy atom. The molecule has 1 rings (SSSR count). The largest absolute Gasteiger partial charge is 0.467 e. The molecule has 3 nitrogen and oxygen atoms in total. The van der Waals surface area contributed by atoms with E-state index < -0.39 is 0 Å². The molecule has 0 radical (unpaired) electrons. The molecule has 56 valence electrons. The molecule has 3 heteroatoms. The van der Waals surface area contributed by atoms with Crippen LogP contribution in [-0.2, 0) is 9.53 Å². The van der Waals surface area contributed by atoms with Crippen molar-refractivity contribution in [2.24, 2.45) is 0 Å². The van der Waals surface area contributed by atoms with Gasteiger partial charge in [0.15, 0.2) is 0 Å². The maximum atomic E-state index is 10.9. The van der Waals surface area contributed by atoms with Crippen LogP contribution in [0.4, 0.5) is 0 Å². The average Bonchev–Trinajstić information content (AvgIpc) is 2.34. The minimum Gasteiger partial charge on any atom is -0.467 e. The van der Waals surface area contributed by atoms with Gasteiger partial charge in [0.05, 0.1) is 7.11 Å². The number of carbonyl (C=O) groups is 1. The van der Waals surface area contributed by atoms with Crippen molar-refractivity contribution in [1.29, 1.82) is 0 Å². The van der Waals surface area contributed by atoms with Crippen LogP contribution in [0.3, 0.4) is 0 Å². The van der Waals surface area contributed by atoms with Crippen LogP contribution in [0.2, 0.25) is 0 Å². The first-order valence-electron chi connectivity index (χ1n) is 3.22. The van der Waals surface area contributed by atoms with Crippen LogP contribution in [-0.4, -0.2) is 31.1 Å². The molecule has 0 aliphatic carbocycles. The van der Waals surface area contributed by atoms with E-state index in [2.05, 4.69) is 4.74 Å². The molecule has 0 saturated carbocycles. The molecule has 0 bridgehead atoms. The lowest BCUT2D eigenvalue weighted by molar-refractivity contribution is -0.145. The lowest BCUT2D eigenvalue weighted by Gasteiger charge is -2.17. The second kappa shape index (κ2) is 2.73. The van der Waals surface area contributed by atoms with Crippen LogP contribution in [0.15, 0.2) is 12.3 Å². The third-order valence-corrected chi connectivity index (χ3v) is 1.66. The minimum absolute atomic E-state index is 0.0926. The number of likely N-dealkylation sites (N-methyl/N-ethyl adjacent to an activating group) is 1. The molecule has 0 saturated heterocycles. The van der Waals surface area contributed by atoms with Crippen LogP contribution in [0.1, 0.15) is 6.42 Å². The highest BCUT2D eigenvalue weighted by molar-refractivity contribution is 5.76. The molecule has 1 aliphatic rings. The Kier molecular flexibility index (Phi) is 1.94. The van der Waals surface area contributed by atoms with Crippen molar-refractivity contribution in [3.05, 3.63) is 12.3 Å². The van der Waals surface area contributed by atoms with Crippen LogP contribution in [0.25, 0.3) is 0 Å². The first-order valence-corrected chi connectivity index (χ1v) is 3.22. The first kappa shape index (κ1) is 7.12. The highest BCUT2D eigenvalue weighted by Gasteiger charge is 2.23. The molecule has 0 aromatic heterocycles. The normalized spacial score (nSPS) is 23.4. The monoisotopic (exact) mass is 141 g/mol. The number of carbonyl (C=O) groups excluding carboxylic acids is 1. The summed E-state index contributed by atoms with van der Waals surface area (Å²) in [7, 11) is 3.28. The molecule has 0 N–H and O–H groups in total. The highest BCUT2D eigenvalue weighted by Crippen LogP contribution is 2.12. The summed E-state index contributed by atoms with van der Waals surface area (Å²) in [5.74, 6) is -0.160. The average molecular weight is 141 g/mol. The molecule has 0 spiro atoms.